The molecule has 0 bridgehead atoms. The van der Waals surface area contributed by atoms with Gasteiger partial charge in [0.1, 0.15) is 5.75 Å². The Labute approximate surface area is 168 Å². The predicted octanol–water partition coefficient (Wildman–Crippen LogP) is 2.41. The maximum Gasteiger partial charge on any atom is 0.255 e. The molecular formula is C18H31IN4O2. The number of rotatable bonds is 10. The molecule has 0 saturated carbocycles. The molecule has 6 nitrogen and oxygen atoms in total. The Balaban J connectivity index is 0.00000576. The van der Waals surface area contributed by atoms with Crippen molar-refractivity contribution in [3.05, 3.63) is 29.8 Å². The molecule has 1 amide bonds. The zero-order valence-corrected chi connectivity index (χ0v) is 17.8. The van der Waals surface area contributed by atoms with Crippen molar-refractivity contribution in [1.29, 1.82) is 0 Å². The fraction of sp³-hybridized carbons (Fsp3) is 0.556. The van der Waals surface area contributed by atoms with Crippen molar-refractivity contribution in [2.24, 2.45) is 10.7 Å². The van der Waals surface area contributed by atoms with Crippen molar-refractivity contribution < 1.29 is 9.53 Å². The summed E-state index contributed by atoms with van der Waals surface area (Å²) in [5.74, 6) is 1.12. The van der Waals surface area contributed by atoms with Crippen LogP contribution in [-0.4, -0.2) is 50.1 Å². The summed E-state index contributed by atoms with van der Waals surface area (Å²) in [4.78, 5) is 17.5. The zero-order valence-electron chi connectivity index (χ0n) is 15.5. The van der Waals surface area contributed by atoms with Crippen LogP contribution in [0.15, 0.2) is 29.3 Å². The summed E-state index contributed by atoms with van der Waals surface area (Å²) >= 11 is 0. The van der Waals surface area contributed by atoms with E-state index >= 15 is 0 Å². The van der Waals surface area contributed by atoms with Crippen molar-refractivity contribution in [2.75, 3.05) is 33.3 Å². The lowest BCUT2D eigenvalue weighted by molar-refractivity contribution is -0.119. The molecule has 0 spiro atoms. The van der Waals surface area contributed by atoms with Gasteiger partial charge in [-0.15, -0.1) is 24.0 Å². The Hall–Kier alpha value is -1.51. The number of nitrogens with two attached hydrogens (primary N) is 1. The lowest BCUT2D eigenvalue weighted by atomic mass is 10.1. The standard InChI is InChI=1S/C18H30N4O2.HI/c1-4-6-13-22(3)18(20-5-2)21-12-11-15-7-9-16(10-8-15)24-14-17(19)23;/h7-10H,4-6,11-14H2,1-3H3,(H2,19,23)(H,20,21);1H. The van der Waals surface area contributed by atoms with E-state index in [4.69, 9.17) is 10.5 Å². The molecule has 0 aliphatic heterocycles. The number of hydrogen-bond acceptors (Lipinski definition) is 3. The molecular weight excluding hydrogens is 431 g/mol. The molecule has 0 radical (unpaired) electrons. The SMILES string of the molecule is CCCCN(C)C(=NCCc1ccc(OCC(N)=O)cc1)NCC.I. The van der Waals surface area contributed by atoms with Crippen molar-refractivity contribution in [3.63, 3.8) is 0 Å². The van der Waals surface area contributed by atoms with Gasteiger partial charge in [-0.05, 0) is 37.5 Å². The Morgan fingerprint density at radius 3 is 2.52 bits per heavy atom. The van der Waals surface area contributed by atoms with E-state index in [2.05, 4.69) is 36.1 Å². The maximum atomic E-state index is 10.7. The second-order valence-corrected chi connectivity index (χ2v) is 5.66. The van der Waals surface area contributed by atoms with Crippen LogP contribution in [-0.2, 0) is 11.2 Å². The first-order valence-corrected chi connectivity index (χ1v) is 8.56. The second-order valence-electron chi connectivity index (χ2n) is 5.66. The summed E-state index contributed by atoms with van der Waals surface area (Å²) in [5, 5.41) is 3.33. The molecule has 25 heavy (non-hydrogen) atoms. The van der Waals surface area contributed by atoms with E-state index < -0.39 is 5.91 Å². The molecule has 0 aliphatic carbocycles. The molecule has 3 N–H and O–H groups in total. The molecule has 0 unspecified atom stereocenters. The van der Waals surface area contributed by atoms with Gasteiger partial charge in [-0.2, -0.15) is 0 Å². The Kier molecular flexibility index (Phi) is 12.9. The van der Waals surface area contributed by atoms with Crippen LogP contribution in [0, 0.1) is 0 Å². The molecule has 1 aromatic carbocycles. The first-order valence-electron chi connectivity index (χ1n) is 8.56. The molecule has 0 atom stereocenters. The van der Waals surface area contributed by atoms with E-state index in [0.29, 0.717) is 5.75 Å². The normalized spacial score (nSPS) is 10.8. The van der Waals surface area contributed by atoms with Crippen LogP contribution in [0.1, 0.15) is 32.3 Å². The van der Waals surface area contributed by atoms with Crippen molar-refractivity contribution in [3.8, 4) is 5.75 Å². The number of carbonyl (C=O) groups is 1. The zero-order chi connectivity index (χ0) is 17.8. The number of amides is 1. The molecule has 1 rings (SSSR count). The third kappa shape index (κ3) is 10.2. The topological polar surface area (TPSA) is 79.9 Å². The highest BCUT2D eigenvalue weighted by molar-refractivity contribution is 14.0. The monoisotopic (exact) mass is 462 g/mol. The van der Waals surface area contributed by atoms with Gasteiger partial charge in [0.25, 0.3) is 5.91 Å². The fourth-order valence-corrected chi connectivity index (χ4v) is 2.17. The highest BCUT2D eigenvalue weighted by atomic mass is 127. The Morgan fingerprint density at radius 2 is 1.96 bits per heavy atom. The summed E-state index contributed by atoms with van der Waals surface area (Å²) in [6, 6.07) is 7.67. The van der Waals surface area contributed by atoms with Crippen LogP contribution in [0.25, 0.3) is 0 Å². The number of unbranched alkanes of at least 4 members (excludes halogenated alkanes) is 1. The van der Waals surface area contributed by atoms with Crippen LogP contribution >= 0.6 is 24.0 Å². The first-order chi connectivity index (χ1) is 11.6. The van der Waals surface area contributed by atoms with Crippen LogP contribution in [0.3, 0.4) is 0 Å². The number of hydrogen-bond donors (Lipinski definition) is 2. The van der Waals surface area contributed by atoms with E-state index in [1.165, 1.54) is 12.0 Å². The van der Waals surface area contributed by atoms with Gasteiger partial charge < -0.3 is 20.7 Å². The lowest BCUT2D eigenvalue weighted by Crippen LogP contribution is -2.39. The number of nitrogens with one attached hydrogen (secondary N) is 1. The smallest absolute Gasteiger partial charge is 0.255 e. The number of guanidine groups is 1. The minimum atomic E-state index is -0.475. The molecule has 7 heteroatoms. The maximum absolute atomic E-state index is 10.7. The number of primary amides is 1. The number of aliphatic imine (C=N–C) groups is 1. The molecule has 0 aliphatic rings. The van der Waals surface area contributed by atoms with E-state index in [1.54, 1.807) is 0 Å². The highest BCUT2D eigenvalue weighted by Crippen LogP contribution is 2.12. The molecule has 0 fully saturated rings. The Bertz CT molecular complexity index is 520. The summed E-state index contributed by atoms with van der Waals surface area (Å²) in [5.41, 5.74) is 6.23. The minimum Gasteiger partial charge on any atom is -0.484 e. The van der Waals surface area contributed by atoms with E-state index in [-0.39, 0.29) is 30.6 Å². The second kappa shape index (κ2) is 13.7. The van der Waals surface area contributed by atoms with E-state index in [0.717, 1.165) is 38.4 Å². The van der Waals surface area contributed by atoms with Crippen LogP contribution in [0.2, 0.25) is 0 Å². The van der Waals surface area contributed by atoms with Crippen LogP contribution < -0.4 is 15.8 Å². The predicted molar refractivity (Wildman–Crippen MR) is 114 cm³/mol. The summed E-state index contributed by atoms with van der Waals surface area (Å²) in [6.45, 7) is 6.76. The number of carbonyl (C=O) groups excluding carboxylic acids is 1. The van der Waals surface area contributed by atoms with Crippen LogP contribution in [0.4, 0.5) is 0 Å². The summed E-state index contributed by atoms with van der Waals surface area (Å²) in [7, 11) is 2.07. The Morgan fingerprint density at radius 1 is 1.28 bits per heavy atom. The third-order valence-corrected chi connectivity index (χ3v) is 3.51. The van der Waals surface area contributed by atoms with Gasteiger partial charge in [0.2, 0.25) is 0 Å². The average molecular weight is 462 g/mol. The van der Waals surface area contributed by atoms with Crippen molar-refractivity contribution in [1.82, 2.24) is 10.2 Å². The summed E-state index contributed by atoms with van der Waals surface area (Å²) in [6.07, 6.45) is 3.19. The summed E-state index contributed by atoms with van der Waals surface area (Å²) < 4.78 is 5.25. The van der Waals surface area contributed by atoms with Crippen molar-refractivity contribution >= 4 is 35.8 Å². The third-order valence-electron chi connectivity index (χ3n) is 3.51. The van der Waals surface area contributed by atoms with Gasteiger partial charge in [-0.1, -0.05) is 25.5 Å². The van der Waals surface area contributed by atoms with E-state index in [1.807, 2.05) is 24.3 Å². The average Bonchev–Trinajstić information content (AvgIpc) is 2.58. The lowest BCUT2D eigenvalue weighted by Gasteiger charge is -2.21. The largest absolute Gasteiger partial charge is 0.484 e. The van der Waals surface area contributed by atoms with Gasteiger partial charge in [0.05, 0.1) is 0 Å². The van der Waals surface area contributed by atoms with Gasteiger partial charge in [-0.25, -0.2) is 0 Å². The fourth-order valence-electron chi connectivity index (χ4n) is 2.17. The minimum absolute atomic E-state index is 0. The molecule has 142 valence electrons. The van der Waals surface area contributed by atoms with Gasteiger partial charge in [-0.3, -0.25) is 9.79 Å². The van der Waals surface area contributed by atoms with Crippen LogP contribution in [0.5, 0.6) is 5.75 Å². The van der Waals surface area contributed by atoms with Gasteiger partial charge in [0, 0.05) is 26.7 Å². The molecule has 0 aromatic heterocycles. The van der Waals surface area contributed by atoms with Crippen molar-refractivity contribution in [2.45, 2.75) is 33.1 Å². The number of ether oxygens (including phenoxy) is 1. The quantitative estimate of drug-likeness (QED) is 0.318. The highest BCUT2D eigenvalue weighted by Gasteiger charge is 2.04. The molecule has 0 heterocycles. The van der Waals surface area contributed by atoms with E-state index in [9.17, 15) is 4.79 Å². The van der Waals surface area contributed by atoms with Gasteiger partial charge >= 0.3 is 0 Å². The first kappa shape index (κ1) is 23.5. The molecule has 1 aromatic rings. The number of benzene rings is 1. The number of halogens is 1. The molecule has 0 saturated heterocycles. The van der Waals surface area contributed by atoms with Gasteiger partial charge in [0.15, 0.2) is 12.6 Å². The number of nitrogens with zero attached hydrogens (tertiary/aromatic N) is 2.